The van der Waals surface area contributed by atoms with E-state index in [0.717, 1.165) is 25.1 Å². The Morgan fingerprint density at radius 3 is 2.08 bits per heavy atom. The van der Waals surface area contributed by atoms with Gasteiger partial charge in [0.05, 0.1) is 0 Å². The van der Waals surface area contributed by atoms with Crippen molar-refractivity contribution in [3.05, 3.63) is 29.8 Å². The lowest BCUT2D eigenvalue weighted by Crippen LogP contribution is -2.15. The number of rotatable bonds is 14. The summed E-state index contributed by atoms with van der Waals surface area (Å²) in [5.74, 6) is 0.0982. The number of benzene rings is 1. The highest BCUT2D eigenvalue weighted by Crippen LogP contribution is 2.14. The minimum absolute atomic E-state index is 0. The summed E-state index contributed by atoms with van der Waals surface area (Å²) in [6.45, 7) is 3.14. The molecule has 1 aromatic rings. The summed E-state index contributed by atoms with van der Waals surface area (Å²) in [4.78, 5) is 11.8. The quantitative estimate of drug-likeness (QED) is 0.412. The molecule has 0 spiro atoms. The van der Waals surface area contributed by atoms with E-state index in [2.05, 4.69) is 29.7 Å². The molecule has 1 aromatic carbocycles. The largest absolute Gasteiger partial charge is 0.326 e. The third-order valence-electron chi connectivity index (χ3n) is 4.39. The van der Waals surface area contributed by atoms with E-state index in [1.807, 2.05) is 19.2 Å². The first kappa shape index (κ1) is 23.9. The molecule has 144 valence electrons. The van der Waals surface area contributed by atoms with Crippen LogP contribution < -0.4 is 10.6 Å². The zero-order chi connectivity index (χ0) is 17.5. The normalized spacial score (nSPS) is 10.3. The third-order valence-corrected chi connectivity index (χ3v) is 4.39. The molecule has 4 heteroatoms. The Morgan fingerprint density at radius 2 is 1.48 bits per heavy atom. The van der Waals surface area contributed by atoms with Gasteiger partial charge >= 0.3 is 0 Å². The van der Waals surface area contributed by atoms with Gasteiger partial charge in [0, 0.05) is 12.1 Å². The molecular formula is C21H37ClN2O. The van der Waals surface area contributed by atoms with Crippen LogP contribution in [0.25, 0.3) is 0 Å². The maximum Gasteiger partial charge on any atom is 0.224 e. The molecule has 3 nitrogen and oxygen atoms in total. The first-order valence-corrected chi connectivity index (χ1v) is 9.79. The molecule has 0 saturated heterocycles. The predicted octanol–water partition coefficient (Wildman–Crippen LogP) is 5.73. The molecule has 2 N–H and O–H groups in total. The Morgan fingerprint density at radius 1 is 0.880 bits per heavy atom. The molecule has 0 bridgehead atoms. The van der Waals surface area contributed by atoms with E-state index in [1.165, 1.54) is 56.9 Å². The number of aryl methyl sites for hydroxylation is 1. The number of halogens is 1. The predicted molar refractivity (Wildman–Crippen MR) is 112 cm³/mol. The zero-order valence-corrected chi connectivity index (χ0v) is 16.9. The van der Waals surface area contributed by atoms with E-state index >= 15 is 0 Å². The van der Waals surface area contributed by atoms with Crippen molar-refractivity contribution in [1.29, 1.82) is 0 Å². The van der Waals surface area contributed by atoms with E-state index < -0.39 is 0 Å². The first-order chi connectivity index (χ1) is 11.8. The molecule has 0 heterocycles. The van der Waals surface area contributed by atoms with Crippen LogP contribution in [-0.4, -0.2) is 19.5 Å². The van der Waals surface area contributed by atoms with Gasteiger partial charge in [0.15, 0.2) is 0 Å². The summed E-state index contributed by atoms with van der Waals surface area (Å²) in [5, 5.41) is 6.02. The maximum atomic E-state index is 11.8. The van der Waals surface area contributed by atoms with E-state index in [9.17, 15) is 4.79 Å². The molecule has 0 aliphatic heterocycles. The summed E-state index contributed by atoms with van der Waals surface area (Å²) in [5.41, 5.74) is 2.28. The van der Waals surface area contributed by atoms with Gasteiger partial charge in [-0.2, -0.15) is 0 Å². The van der Waals surface area contributed by atoms with Gasteiger partial charge in [0.2, 0.25) is 5.91 Å². The first-order valence-electron chi connectivity index (χ1n) is 9.79. The fraction of sp³-hybridized carbons (Fsp3) is 0.667. The molecule has 0 radical (unpaired) electrons. The van der Waals surface area contributed by atoms with Crippen LogP contribution >= 0.6 is 12.4 Å². The van der Waals surface area contributed by atoms with Crippen LogP contribution in [0.1, 0.15) is 76.7 Å². The number of carbonyl (C=O) groups is 1. The highest BCUT2D eigenvalue weighted by atomic mass is 35.5. The lowest BCUT2D eigenvalue weighted by atomic mass is 10.0. The van der Waals surface area contributed by atoms with Gasteiger partial charge in [-0.05, 0) is 50.6 Å². The van der Waals surface area contributed by atoms with Crippen LogP contribution in [0.5, 0.6) is 0 Å². The van der Waals surface area contributed by atoms with Crippen molar-refractivity contribution in [2.45, 2.75) is 77.6 Å². The van der Waals surface area contributed by atoms with Gasteiger partial charge in [0.25, 0.3) is 0 Å². The molecular weight excluding hydrogens is 332 g/mol. The second-order valence-electron chi connectivity index (χ2n) is 6.68. The van der Waals surface area contributed by atoms with Crippen molar-refractivity contribution in [3.8, 4) is 0 Å². The van der Waals surface area contributed by atoms with Gasteiger partial charge in [-0.25, -0.2) is 0 Å². The van der Waals surface area contributed by atoms with Gasteiger partial charge < -0.3 is 10.6 Å². The number of anilines is 1. The Labute approximate surface area is 160 Å². The zero-order valence-electron chi connectivity index (χ0n) is 16.1. The van der Waals surface area contributed by atoms with Gasteiger partial charge in [-0.1, -0.05) is 64.0 Å². The average Bonchev–Trinajstić information content (AvgIpc) is 2.59. The summed E-state index contributed by atoms with van der Waals surface area (Å²) >= 11 is 0. The van der Waals surface area contributed by atoms with Crippen molar-refractivity contribution in [1.82, 2.24) is 5.32 Å². The van der Waals surface area contributed by atoms with E-state index in [-0.39, 0.29) is 18.3 Å². The number of hydrogen-bond donors (Lipinski definition) is 2. The number of nitrogens with one attached hydrogen (secondary N) is 2. The Balaban J connectivity index is 0.00000576. The summed E-state index contributed by atoms with van der Waals surface area (Å²) < 4.78 is 0. The Kier molecular flexibility index (Phi) is 15.7. The highest BCUT2D eigenvalue weighted by Gasteiger charge is 2.02. The fourth-order valence-corrected chi connectivity index (χ4v) is 2.87. The van der Waals surface area contributed by atoms with E-state index in [1.54, 1.807) is 0 Å². The minimum Gasteiger partial charge on any atom is -0.326 e. The second kappa shape index (κ2) is 16.4. The molecule has 25 heavy (non-hydrogen) atoms. The lowest BCUT2D eigenvalue weighted by molar-refractivity contribution is -0.116. The van der Waals surface area contributed by atoms with Crippen molar-refractivity contribution < 1.29 is 4.79 Å². The molecule has 0 fully saturated rings. The number of unbranched alkanes of at least 4 members (excludes halogenated alkanes) is 7. The summed E-state index contributed by atoms with van der Waals surface area (Å²) in [6.07, 6.45) is 13.5. The molecule has 0 aliphatic rings. The SMILES string of the molecule is CCCCCCCCCCc1ccc(NC(=O)CCCNC)cc1.Cl. The minimum atomic E-state index is 0. The second-order valence-corrected chi connectivity index (χ2v) is 6.68. The Bertz CT molecular complexity index is 434. The molecule has 1 rings (SSSR count). The lowest BCUT2D eigenvalue weighted by Gasteiger charge is -2.07. The third kappa shape index (κ3) is 12.9. The molecule has 0 saturated carbocycles. The molecule has 0 aliphatic carbocycles. The molecule has 1 amide bonds. The number of hydrogen-bond acceptors (Lipinski definition) is 2. The van der Waals surface area contributed by atoms with E-state index in [4.69, 9.17) is 0 Å². The summed E-state index contributed by atoms with van der Waals surface area (Å²) in [7, 11) is 1.91. The van der Waals surface area contributed by atoms with Gasteiger partial charge in [-0.15, -0.1) is 12.4 Å². The Hall–Kier alpha value is -1.06. The van der Waals surface area contributed by atoms with Crippen LogP contribution in [-0.2, 0) is 11.2 Å². The number of amides is 1. The van der Waals surface area contributed by atoms with Crippen LogP contribution in [0.3, 0.4) is 0 Å². The van der Waals surface area contributed by atoms with Crippen molar-refractivity contribution in [2.24, 2.45) is 0 Å². The van der Waals surface area contributed by atoms with Crippen LogP contribution in [0.15, 0.2) is 24.3 Å². The monoisotopic (exact) mass is 368 g/mol. The fourth-order valence-electron chi connectivity index (χ4n) is 2.87. The molecule has 0 aromatic heterocycles. The van der Waals surface area contributed by atoms with Crippen molar-refractivity contribution in [2.75, 3.05) is 18.9 Å². The smallest absolute Gasteiger partial charge is 0.224 e. The molecule has 0 unspecified atom stereocenters. The van der Waals surface area contributed by atoms with Crippen LogP contribution in [0.4, 0.5) is 5.69 Å². The summed E-state index contributed by atoms with van der Waals surface area (Å²) in [6, 6.07) is 8.33. The molecule has 0 atom stereocenters. The maximum absolute atomic E-state index is 11.8. The van der Waals surface area contributed by atoms with Gasteiger partial charge in [-0.3, -0.25) is 4.79 Å². The average molecular weight is 369 g/mol. The van der Waals surface area contributed by atoms with Crippen LogP contribution in [0.2, 0.25) is 0 Å². The van der Waals surface area contributed by atoms with E-state index in [0.29, 0.717) is 6.42 Å². The van der Waals surface area contributed by atoms with Gasteiger partial charge in [0.1, 0.15) is 0 Å². The topological polar surface area (TPSA) is 41.1 Å². The standard InChI is InChI=1S/C21H36N2O.ClH/c1-3-4-5-6-7-8-9-10-12-19-14-16-20(17-15-19)23-21(24)13-11-18-22-2;/h14-17,22H,3-13,18H2,1-2H3,(H,23,24);1H. The van der Waals surface area contributed by atoms with Crippen molar-refractivity contribution >= 4 is 24.0 Å². The highest BCUT2D eigenvalue weighted by molar-refractivity contribution is 5.90. The van der Waals surface area contributed by atoms with Crippen molar-refractivity contribution in [3.63, 3.8) is 0 Å². The number of carbonyl (C=O) groups excluding carboxylic acids is 1. The van der Waals surface area contributed by atoms with Crippen LogP contribution in [0, 0.1) is 0 Å².